The van der Waals surface area contributed by atoms with Crippen molar-refractivity contribution < 1.29 is 9.59 Å². The van der Waals surface area contributed by atoms with E-state index in [1.54, 1.807) is 0 Å². The lowest BCUT2D eigenvalue weighted by Gasteiger charge is -1.88. The van der Waals surface area contributed by atoms with Gasteiger partial charge in [-0.1, -0.05) is 0 Å². The Morgan fingerprint density at radius 3 is 2.50 bits per heavy atom. The molecule has 2 amide bonds. The van der Waals surface area contributed by atoms with Gasteiger partial charge in [0.2, 0.25) is 0 Å². The average Bonchev–Trinajstić information content (AvgIpc) is 2.29. The Balaban J connectivity index is 2.84. The molecule has 0 bridgehead atoms. The topological polar surface area (TPSA) is 79.0 Å². The van der Waals surface area contributed by atoms with Crippen molar-refractivity contribution >= 4 is 11.8 Å². The van der Waals surface area contributed by atoms with E-state index >= 15 is 0 Å². The van der Waals surface area contributed by atoms with Crippen molar-refractivity contribution in [2.75, 3.05) is 0 Å². The van der Waals surface area contributed by atoms with Gasteiger partial charge in [0.15, 0.2) is 0 Å². The fraction of sp³-hybridized carbons (Fsp3) is 0. The van der Waals surface area contributed by atoms with E-state index < -0.39 is 17.4 Å². The number of hydrogen-bond donors (Lipinski definition) is 2. The van der Waals surface area contributed by atoms with Gasteiger partial charge in [-0.05, 0) is 6.07 Å². The molecule has 0 spiro atoms. The number of rotatable bonds is 0. The first-order chi connectivity index (χ1) is 5.70. The number of imide groups is 1. The molecule has 60 valence electrons. The predicted molar refractivity (Wildman–Crippen MR) is 38.9 cm³/mol. The fourth-order valence-electron chi connectivity index (χ4n) is 1.13. The van der Waals surface area contributed by atoms with E-state index in [1.807, 2.05) is 5.32 Å². The van der Waals surface area contributed by atoms with Crippen LogP contribution in [0.3, 0.4) is 0 Å². The quantitative estimate of drug-likeness (QED) is 0.495. The number of carbonyl (C=O) groups is 2. The minimum absolute atomic E-state index is 0.0949. The number of carbonyl (C=O) groups excluding carboxylic acids is 2. The predicted octanol–water partition coefficient (Wildman–Crippen LogP) is -0.742. The highest BCUT2D eigenvalue weighted by molar-refractivity contribution is 6.21. The van der Waals surface area contributed by atoms with Gasteiger partial charge in [0, 0.05) is 6.20 Å². The maximum atomic E-state index is 11.0. The van der Waals surface area contributed by atoms with Crippen LogP contribution in [0.4, 0.5) is 0 Å². The third kappa shape index (κ3) is 0.701. The van der Waals surface area contributed by atoms with E-state index in [-0.39, 0.29) is 11.1 Å². The van der Waals surface area contributed by atoms with E-state index in [4.69, 9.17) is 0 Å². The van der Waals surface area contributed by atoms with Crippen LogP contribution in [-0.2, 0) is 0 Å². The SMILES string of the molecule is O=C1NC(=O)c2c1cc[nH]c2=O. The summed E-state index contributed by atoms with van der Waals surface area (Å²) in [5.74, 6) is -1.14. The number of H-pyrrole nitrogens is 1. The van der Waals surface area contributed by atoms with Gasteiger partial charge in [-0.25, -0.2) is 0 Å². The molecule has 2 N–H and O–H groups in total. The van der Waals surface area contributed by atoms with Gasteiger partial charge in [0.25, 0.3) is 17.4 Å². The summed E-state index contributed by atoms with van der Waals surface area (Å²) in [6, 6.07) is 1.40. The normalized spacial score (nSPS) is 14.3. The molecule has 5 heteroatoms. The molecule has 0 aromatic carbocycles. The summed E-state index contributed by atoms with van der Waals surface area (Å²) in [6.45, 7) is 0. The summed E-state index contributed by atoms with van der Waals surface area (Å²) >= 11 is 0. The zero-order chi connectivity index (χ0) is 8.72. The van der Waals surface area contributed by atoms with Crippen molar-refractivity contribution in [1.82, 2.24) is 10.3 Å². The molecule has 0 atom stereocenters. The van der Waals surface area contributed by atoms with E-state index in [2.05, 4.69) is 4.98 Å². The maximum absolute atomic E-state index is 11.0. The van der Waals surface area contributed by atoms with Crippen LogP contribution in [0.1, 0.15) is 20.7 Å². The van der Waals surface area contributed by atoms with Crippen LogP contribution in [0.2, 0.25) is 0 Å². The first-order valence-electron chi connectivity index (χ1n) is 3.27. The molecule has 2 heterocycles. The average molecular weight is 164 g/mol. The third-order valence-electron chi connectivity index (χ3n) is 1.66. The van der Waals surface area contributed by atoms with Crippen LogP contribution in [0.25, 0.3) is 0 Å². The largest absolute Gasteiger partial charge is 0.328 e. The molecule has 0 saturated heterocycles. The van der Waals surface area contributed by atoms with Crippen molar-refractivity contribution in [3.63, 3.8) is 0 Å². The van der Waals surface area contributed by atoms with Gasteiger partial charge in [-0.2, -0.15) is 0 Å². The molecule has 0 fully saturated rings. The molecule has 5 nitrogen and oxygen atoms in total. The Bertz CT molecular complexity index is 433. The molecule has 0 radical (unpaired) electrons. The Morgan fingerprint density at radius 2 is 1.83 bits per heavy atom. The summed E-state index contributed by atoms with van der Waals surface area (Å²) < 4.78 is 0. The minimum Gasteiger partial charge on any atom is -0.328 e. The van der Waals surface area contributed by atoms with Crippen LogP contribution >= 0.6 is 0 Å². The molecule has 1 aromatic rings. The molecule has 2 rings (SSSR count). The van der Waals surface area contributed by atoms with Crippen LogP contribution < -0.4 is 10.9 Å². The molecule has 0 unspecified atom stereocenters. The third-order valence-corrected chi connectivity index (χ3v) is 1.66. The highest BCUT2D eigenvalue weighted by Crippen LogP contribution is 2.08. The number of fused-ring (bicyclic) bond motifs is 1. The number of pyridine rings is 1. The summed E-state index contributed by atoms with van der Waals surface area (Å²) in [5, 5.41) is 2.03. The molecule has 1 aliphatic heterocycles. The second-order valence-electron chi connectivity index (χ2n) is 2.38. The molecule has 0 aliphatic carbocycles. The zero-order valence-electron chi connectivity index (χ0n) is 5.88. The van der Waals surface area contributed by atoms with Gasteiger partial charge in [-0.15, -0.1) is 0 Å². The van der Waals surface area contributed by atoms with Gasteiger partial charge < -0.3 is 4.98 Å². The van der Waals surface area contributed by atoms with Gasteiger partial charge >= 0.3 is 0 Å². The van der Waals surface area contributed by atoms with E-state index in [0.29, 0.717) is 0 Å². The Hall–Kier alpha value is -1.91. The highest BCUT2D eigenvalue weighted by Gasteiger charge is 2.28. The molecular weight excluding hydrogens is 160 g/mol. The number of nitrogens with one attached hydrogen (secondary N) is 2. The summed E-state index contributed by atoms with van der Waals surface area (Å²) in [6.07, 6.45) is 1.33. The molecular formula is C7H4N2O3. The molecule has 12 heavy (non-hydrogen) atoms. The van der Waals surface area contributed by atoms with Crippen molar-refractivity contribution in [2.24, 2.45) is 0 Å². The number of aromatic amines is 1. The lowest BCUT2D eigenvalue weighted by molar-refractivity contribution is 0.0879. The monoisotopic (exact) mass is 164 g/mol. The lowest BCUT2D eigenvalue weighted by Crippen LogP contribution is -2.22. The zero-order valence-corrected chi connectivity index (χ0v) is 5.88. The van der Waals surface area contributed by atoms with Gasteiger partial charge in [0.05, 0.1) is 5.56 Å². The Labute approximate surface area is 66.4 Å². The van der Waals surface area contributed by atoms with Crippen molar-refractivity contribution in [2.45, 2.75) is 0 Å². The second kappa shape index (κ2) is 2.04. The van der Waals surface area contributed by atoms with Gasteiger partial charge in [0.1, 0.15) is 5.56 Å². The van der Waals surface area contributed by atoms with Crippen molar-refractivity contribution in [3.05, 3.63) is 33.7 Å². The second-order valence-corrected chi connectivity index (χ2v) is 2.38. The first-order valence-corrected chi connectivity index (χ1v) is 3.27. The molecule has 1 aliphatic rings. The molecule has 0 saturated carbocycles. The highest BCUT2D eigenvalue weighted by atomic mass is 16.2. The number of hydrogen-bond acceptors (Lipinski definition) is 3. The van der Waals surface area contributed by atoms with E-state index in [1.165, 1.54) is 12.3 Å². The number of aromatic nitrogens is 1. The maximum Gasteiger partial charge on any atom is 0.264 e. The Morgan fingerprint density at radius 1 is 1.08 bits per heavy atom. The van der Waals surface area contributed by atoms with E-state index in [0.717, 1.165) is 0 Å². The standard InChI is InChI=1S/C7H4N2O3/c10-5-3-1-2-8-6(11)4(3)7(12)9-5/h1-2H,(H,8,11)(H,9,10,12). The Kier molecular flexibility index (Phi) is 1.15. The summed E-state index contributed by atoms with van der Waals surface area (Å²) in [4.78, 5) is 35.2. The fourth-order valence-corrected chi connectivity index (χ4v) is 1.13. The van der Waals surface area contributed by atoms with E-state index in [9.17, 15) is 14.4 Å². The van der Waals surface area contributed by atoms with Crippen LogP contribution in [-0.4, -0.2) is 16.8 Å². The summed E-state index contributed by atoms with van der Waals surface area (Å²) in [7, 11) is 0. The van der Waals surface area contributed by atoms with Crippen LogP contribution in [0, 0.1) is 0 Å². The minimum atomic E-state index is -0.628. The summed E-state index contributed by atoms with van der Waals surface area (Å²) in [5.41, 5.74) is -0.484. The smallest absolute Gasteiger partial charge is 0.264 e. The van der Waals surface area contributed by atoms with Crippen LogP contribution in [0.5, 0.6) is 0 Å². The van der Waals surface area contributed by atoms with Crippen molar-refractivity contribution in [1.29, 1.82) is 0 Å². The van der Waals surface area contributed by atoms with Crippen molar-refractivity contribution in [3.8, 4) is 0 Å². The number of amides is 2. The molecule has 1 aromatic heterocycles. The lowest BCUT2D eigenvalue weighted by atomic mass is 10.2. The van der Waals surface area contributed by atoms with Gasteiger partial charge in [-0.3, -0.25) is 19.7 Å². The first kappa shape index (κ1) is 6.78. The van der Waals surface area contributed by atoms with Crippen LogP contribution in [0.15, 0.2) is 17.1 Å².